The summed E-state index contributed by atoms with van der Waals surface area (Å²) in [4.78, 5) is 5.45. The molecule has 0 bridgehead atoms. The third kappa shape index (κ3) is 4.43. The number of nitrogens with one attached hydrogen (secondary N) is 1. The molecule has 2 saturated heterocycles. The van der Waals surface area contributed by atoms with Gasteiger partial charge in [-0.15, -0.1) is 0 Å². The summed E-state index contributed by atoms with van der Waals surface area (Å²) in [6.07, 6.45) is 11.5. The maximum atomic E-state index is 3.53. The van der Waals surface area contributed by atoms with Gasteiger partial charge in [-0.25, -0.2) is 0 Å². The van der Waals surface area contributed by atoms with Crippen molar-refractivity contribution >= 4 is 0 Å². The van der Waals surface area contributed by atoms with Crippen molar-refractivity contribution in [1.29, 1.82) is 0 Å². The first-order valence-corrected chi connectivity index (χ1v) is 9.47. The van der Waals surface area contributed by atoms with Crippen molar-refractivity contribution < 1.29 is 0 Å². The molecular formula is C18H35N3. The summed E-state index contributed by atoms with van der Waals surface area (Å²) in [6, 6.07) is 0.803. The minimum atomic E-state index is 0.803. The first kappa shape index (κ1) is 15.8. The van der Waals surface area contributed by atoms with Crippen LogP contribution in [0.25, 0.3) is 0 Å². The fraction of sp³-hybridized carbons (Fsp3) is 1.00. The average molecular weight is 293 g/mol. The second-order valence-corrected chi connectivity index (χ2v) is 7.67. The van der Waals surface area contributed by atoms with E-state index in [-0.39, 0.29) is 0 Å². The van der Waals surface area contributed by atoms with Crippen LogP contribution in [0.3, 0.4) is 0 Å². The van der Waals surface area contributed by atoms with Crippen LogP contribution in [0, 0.1) is 11.8 Å². The average Bonchev–Trinajstić information content (AvgIpc) is 3.17. The smallest absolute Gasteiger partial charge is 0.00928 e. The minimum Gasteiger partial charge on any atom is -0.317 e. The van der Waals surface area contributed by atoms with Gasteiger partial charge in [0.25, 0.3) is 0 Å². The van der Waals surface area contributed by atoms with Gasteiger partial charge in [-0.2, -0.15) is 0 Å². The molecule has 0 spiro atoms. The Balaban J connectivity index is 1.32. The highest BCUT2D eigenvalue weighted by atomic mass is 15.2. The van der Waals surface area contributed by atoms with Gasteiger partial charge in [0.1, 0.15) is 0 Å². The van der Waals surface area contributed by atoms with Crippen LogP contribution in [0.1, 0.15) is 51.4 Å². The van der Waals surface area contributed by atoms with E-state index in [0.29, 0.717) is 0 Å². The minimum absolute atomic E-state index is 0.803. The SMILES string of the molecule is CNC1CCCC1CCN1CCC(CN2CCCC2)CC1. The van der Waals surface area contributed by atoms with Gasteiger partial charge in [-0.3, -0.25) is 0 Å². The van der Waals surface area contributed by atoms with Gasteiger partial charge < -0.3 is 15.1 Å². The van der Waals surface area contributed by atoms with Crippen LogP contribution in [-0.4, -0.2) is 62.2 Å². The largest absolute Gasteiger partial charge is 0.317 e. The Bertz CT molecular complexity index is 293. The fourth-order valence-electron chi connectivity index (χ4n) is 4.83. The molecule has 0 amide bonds. The van der Waals surface area contributed by atoms with E-state index >= 15 is 0 Å². The zero-order chi connectivity index (χ0) is 14.5. The molecule has 3 aliphatic rings. The van der Waals surface area contributed by atoms with Crippen LogP contribution >= 0.6 is 0 Å². The van der Waals surface area contributed by atoms with Gasteiger partial charge in [0.2, 0.25) is 0 Å². The van der Waals surface area contributed by atoms with E-state index in [4.69, 9.17) is 0 Å². The molecule has 0 aromatic carbocycles. The lowest BCUT2D eigenvalue weighted by molar-refractivity contribution is 0.146. The van der Waals surface area contributed by atoms with E-state index in [9.17, 15) is 0 Å². The first-order valence-electron chi connectivity index (χ1n) is 9.47. The summed E-state index contributed by atoms with van der Waals surface area (Å²) in [6.45, 7) is 8.18. The maximum Gasteiger partial charge on any atom is 0.00928 e. The molecule has 2 atom stereocenters. The van der Waals surface area contributed by atoms with E-state index in [1.807, 2.05) is 0 Å². The molecule has 2 unspecified atom stereocenters. The molecule has 2 heterocycles. The predicted molar refractivity (Wildman–Crippen MR) is 89.6 cm³/mol. The highest BCUT2D eigenvalue weighted by Gasteiger charge is 2.27. The molecule has 3 fully saturated rings. The summed E-state index contributed by atoms with van der Waals surface area (Å²) >= 11 is 0. The van der Waals surface area contributed by atoms with E-state index in [1.54, 1.807) is 0 Å². The standard InChI is InChI=1S/C18H35N3/c1-19-18-6-4-5-17(18)9-14-20-12-7-16(8-13-20)15-21-10-2-3-11-21/h16-19H,2-15H2,1H3. The van der Waals surface area contributed by atoms with Crippen LogP contribution < -0.4 is 5.32 Å². The molecule has 3 heteroatoms. The number of likely N-dealkylation sites (tertiary alicyclic amines) is 2. The van der Waals surface area contributed by atoms with Crippen LogP contribution in [0.2, 0.25) is 0 Å². The van der Waals surface area contributed by atoms with Crippen molar-refractivity contribution in [2.45, 2.75) is 57.4 Å². The molecule has 1 N–H and O–H groups in total. The predicted octanol–water partition coefficient (Wildman–Crippen LogP) is 2.57. The van der Waals surface area contributed by atoms with Crippen LogP contribution in [0.5, 0.6) is 0 Å². The highest BCUT2D eigenvalue weighted by Crippen LogP contribution is 2.29. The van der Waals surface area contributed by atoms with Crippen molar-refractivity contribution in [2.75, 3.05) is 46.3 Å². The van der Waals surface area contributed by atoms with Crippen molar-refractivity contribution in [3.05, 3.63) is 0 Å². The molecule has 21 heavy (non-hydrogen) atoms. The Morgan fingerprint density at radius 1 is 0.857 bits per heavy atom. The Morgan fingerprint density at radius 3 is 2.33 bits per heavy atom. The van der Waals surface area contributed by atoms with Gasteiger partial charge in [-0.1, -0.05) is 6.42 Å². The molecule has 2 aliphatic heterocycles. The van der Waals surface area contributed by atoms with Gasteiger partial charge in [0.15, 0.2) is 0 Å². The molecular weight excluding hydrogens is 258 g/mol. The lowest BCUT2D eigenvalue weighted by Crippen LogP contribution is -2.39. The summed E-state index contributed by atoms with van der Waals surface area (Å²) < 4.78 is 0. The second kappa shape index (κ2) is 7.94. The first-order chi connectivity index (χ1) is 10.3. The Labute approximate surface area is 131 Å². The Kier molecular flexibility index (Phi) is 5.96. The van der Waals surface area contributed by atoms with Gasteiger partial charge in [0.05, 0.1) is 0 Å². The maximum absolute atomic E-state index is 3.53. The summed E-state index contributed by atoms with van der Waals surface area (Å²) in [5.74, 6) is 1.92. The molecule has 3 nitrogen and oxygen atoms in total. The lowest BCUT2D eigenvalue weighted by atomic mass is 9.94. The molecule has 1 saturated carbocycles. The Morgan fingerprint density at radius 2 is 1.62 bits per heavy atom. The van der Waals surface area contributed by atoms with Crippen molar-refractivity contribution in [2.24, 2.45) is 11.8 Å². The van der Waals surface area contributed by atoms with Crippen LogP contribution in [-0.2, 0) is 0 Å². The number of hydrogen-bond acceptors (Lipinski definition) is 3. The molecule has 122 valence electrons. The zero-order valence-corrected chi connectivity index (χ0v) is 14.0. The summed E-state index contributed by atoms with van der Waals surface area (Å²) in [7, 11) is 2.15. The van der Waals surface area contributed by atoms with Gasteiger partial charge in [0, 0.05) is 12.6 Å². The number of hydrogen-bond donors (Lipinski definition) is 1. The van der Waals surface area contributed by atoms with Crippen LogP contribution in [0.4, 0.5) is 0 Å². The van der Waals surface area contributed by atoms with E-state index in [1.165, 1.54) is 90.6 Å². The third-order valence-electron chi connectivity index (χ3n) is 6.27. The molecule has 1 aliphatic carbocycles. The van der Waals surface area contributed by atoms with Crippen molar-refractivity contribution in [3.63, 3.8) is 0 Å². The fourth-order valence-corrected chi connectivity index (χ4v) is 4.83. The van der Waals surface area contributed by atoms with E-state index in [0.717, 1.165) is 17.9 Å². The highest BCUT2D eigenvalue weighted by molar-refractivity contribution is 4.84. The third-order valence-corrected chi connectivity index (χ3v) is 6.27. The van der Waals surface area contributed by atoms with E-state index < -0.39 is 0 Å². The molecule has 3 rings (SSSR count). The van der Waals surface area contributed by atoms with Crippen molar-refractivity contribution in [1.82, 2.24) is 15.1 Å². The number of rotatable bonds is 6. The zero-order valence-electron chi connectivity index (χ0n) is 14.0. The van der Waals surface area contributed by atoms with Crippen molar-refractivity contribution in [3.8, 4) is 0 Å². The number of nitrogens with zero attached hydrogens (tertiary/aromatic N) is 2. The summed E-state index contributed by atoms with van der Waals surface area (Å²) in [5, 5.41) is 3.53. The quantitative estimate of drug-likeness (QED) is 0.812. The molecule has 0 aromatic rings. The van der Waals surface area contributed by atoms with Gasteiger partial charge >= 0.3 is 0 Å². The van der Waals surface area contributed by atoms with E-state index in [2.05, 4.69) is 22.2 Å². The topological polar surface area (TPSA) is 18.5 Å². The summed E-state index contributed by atoms with van der Waals surface area (Å²) in [5.41, 5.74) is 0. The monoisotopic (exact) mass is 293 g/mol. The molecule has 0 radical (unpaired) electrons. The Hall–Kier alpha value is -0.120. The second-order valence-electron chi connectivity index (χ2n) is 7.67. The van der Waals surface area contributed by atoms with Gasteiger partial charge in [-0.05, 0) is 96.6 Å². The lowest BCUT2D eigenvalue weighted by Gasteiger charge is -2.34. The normalized spacial score (nSPS) is 33.0. The number of piperidine rings is 1. The molecule has 0 aromatic heterocycles. The van der Waals surface area contributed by atoms with Crippen LogP contribution in [0.15, 0.2) is 0 Å².